The molecule has 4 nitrogen and oxygen atoms in total. The molecule has 1 N–H and O–H groups in total. The summed E-state index contributed by atoms with van der Waals surface area (Å²) in [6.07, 6.45) is 9.60. The standard InChI is InChI=1S/C20H24N2O2S/c1-24-19-8-6-17(7-9-19)4-5-18-10-14-22(15-11-18)13-2-3-20(23)21-12-16-25/h4-11,14-15H,2-3,12-13,16H2,1H3,(H-,21,23,25)/p+1/b5-4+. The first-order valence-electron chi connectivity index (χ1n) is 8.40. The fourth-order valence-corrected chi connectivity index (χ4v) is 2.45. The van der Waals surface area contributed by atoms with Gasteiger partial charge in [-0.05, 0) is 23.3 Å². The first-order chi connectivity index (χ1) is 12.2. The van der Waals surface area contributed by atoms with Crippen LogP contribution in [0.3, 0.4) is 0 Å². The van der Waals surface area contributed by atoms with E-state index in [1.54, 1.807) is 7.11 Å². The number of nitrogens with one attached hydrogen (secondary N) is 1. The van der Waals surface area contributed by atoms with E-state index < -0.39 is 0 Å². The summed E-state index contributed by atoms with van der Waals surface area (Å²) in [7, 11) is 1.67. The van der Waals surface area contributed by atoms with Crippen LogP contribution in [-0.2, 0) is 11.3 Å². The number of ether oxygens (including phenoxy) is 1. The molecule has 2 rings (SSSR count). The summed E-state index contributed by atoms with van der Waals surface area (Å²) < 4.78 is 7.25. The minimum atomic E-state index is 0.0914. The van der Waals surface area contributed by atoms with Crippen LogP contribution in [0.2, 0.25) is 0 Å². The second-order valence-electron chi connectivity index (χ2n) is 5.65. The number of pyridine rings is 1. The van der Waals surface area contributed by atoms with Gasteiger partial charge in [-0.1, -0.05) is 24.3 Å². The molecule has 0 aliphatic heterocycles. The van der Waals surface area contributed by atoms with Crippen molar-refractivity contribution in [2.24, 2.45) is 0 Å². The lowest BCUT2D eigenvalue weighted by molar-refractivity contribution is -0.697. The van der Waals surface area contributed by atoms with Crippen molar-refractivity contribution < 1.29 is 14.1 Å². The van der Waals surface area contributed by atoms with E-state index in [1.807, 2.05) is 36.7 Å². The Bertz CT molecular complexity index is 682. The monoisotopic (exact) mass is 357 g/mol. The Balaban J connectivity index is 1.80. The van der Waals surface area contributed by atoms with E-state index in [-0.39, 0.29) is 5.91 Å². The maximum atomic E-state index is 11.5. The zero-order valence-corrected chi connectivity index (χ0v) is 15.4. The van der Waals surface area contributed by atoms with Gasteiger partial charge in [0.15, 0.2) is 12.4 Å². The summed E-state index contributed by atoms with van der Waals surface area (Å²) in [4.78, 5) is 11.5. The lowest BCUT2D eigenvalue weighted by Gasteiger charge is -2.02. The molecule has 5 heteroatoms. The number of methoxy groups -OCH3 is 1. The summed E-state index contributed by atoms with van der Waals surface area (Å²) >= 11 is 4.07. The topological polar surface area (TPSA) is 42.2 Å². The van der Waals surface area contributed by atoms with Gasteiger partial charge < -0.3 is 10.1 Å². The molecule has 0 radical (unpaired) electrons. The van der Waals surface area contributed by atoms with Gasteiger partial charge in [-0.25, -0.2) is 4.57 Å². The molecule has 132 valence electrons. The average molecular weight is 357 g/mol. The molecule has 1 aromatic carbocycles. The van der Waals surface area contributed by atoms with Crippen LogP contribution >= 0.6 is 12.6 Å². The zero-order chi connectivity index (χ0) is 17.9. The Morgan fingerprint density at radius 1 is 1.12 bits per heavy atom. The van der Waals surface area contributed by atoms with Gasteiger partial charge in [0.2, 0.25) is 5.91 Å². The summed E-state index contributed by atoms with van der Waals surface area (Å²) in [5.41, 5.74) is 2.27. The SMILES string of the molecule is COc1ccc(/C=C/c2cc[n+](CCCC(=O)NCCS)cc2)cc1. The quantitative estimate of drug-likeness (QED) is 0.535. The van der Waals surface area contributed by atoms with Crippen molar-refractivity contribution in [2.75, 3.05) is 19.4 Å². The summed E-state index contributed by atoms with van der Waals surface area (Å²) in [6.45, 7) is 1.46. The molecule has 0 saturated carbocycles. The lowest BCUT2D eigenvalue weighted by atomic mass is 10.1. The number of aryl methyl sites for hydroxylation is 1. The molecule has 0 aliphatic carbocycles. The van der Waals surface area contributed by atoms with Gasteiger partial charge in [0.1, 0.15) is 12.3 Å². The van der Waals surface area contributed by atoms with Crippen LogP contribution in [-0.4, -0.2) is 25.3 Å². The molecular weight excluding hydrogens is 332 g/mol. The van der Waals surface area contributed by atoms with Crippen LogP contribution in [0.5, 0.6) is 5.75 Å². The van der Waals surface area contributed by atoms with Gasteiger partial charge in [-0.2, -0.15) is 12.6 Å². The number of rotatable bonds is 9. The molecule has 1 heterocycles. The molecule has 0 atom stereocenters. The minimum Gasteiger partial charge on any atom is -0.497 e. The second-order valence-corrected chi connectivity index (χ2v) is 6.10. The number of hydrogen-bond donors (Lipinski definition) is 2. The number of nitrogens with zero attached hydrogens (tertiary/aromatic N) is 1. The Labute approximate surface area is 154 Å². The smallest absolute Gasteiger partial charge is 0.220 e. The molecule has 25 heavy (non-hydrogen) atoms. The highest BCUT2D eigenvalue weighted by molar-refractivity contribution is 7.80. The van der Waals surface area contributed by atoms with E-state index in [2.05, 4.69) is 46.8 Å². The van der Waals surface area contributed by atoms with Gasteiger partial charge in [0.25, 0.3) is 0 Å². The van der Waals surface area contributed by atoms with E-state index in [0.29, 0.717) is 18.7 Å². The van der Waals surface area contributed by atoms with Crippen molar-refractivity contribution >= 4 is 30.7 Å². The number of thiol groups is 1. The third-order valence-corrected chi connectivity index (χ3v) is 3.98. The van der Waals surface area contributed by atoms with Crippen molar-refractivity contribution in [3.8, 4) is 5.75 Å². The number of hydrogen-bond acceptors (Lipinski definition) is 3. The molecule has 1 aromatic heterocycles. The summed E-state index contributed by atoms with van der Waals surface area (Å²) in [5, 5.41) is 2.83. The van der Waals surface area contributed by atoms with E-state index in [4.69, 9.17) is 4.74 Å². The third-order valence-electron chi connectivity index (χ3n) is 3.76. The summed E-state index contributed by atoms with van der Waals surface area (Å²) in [6, 6.07) is 12.1. The number of benzene rings is 1. The Morgan fingerprint density at radius 3 is 2.36 bits per heavy atom. The fourth-order valence-electron chi connectivity index (χ4n) is 2.34. The molecule has 0 fully saturated rings. The highest BCUT2D eigenvalue weighted by atomic mass is 32.1. The Hall–Kier alpha value is -2.27. The normalized spacial score (nSPS) is 10.8. The number of aromatic nitrogens is 1. The maximum absolute atomic E-state index is 11.5. The van der Waals surface area contributed by atoms with Crippen LogP contribution in [0.4, 0.5) is 0 Å². The lowest BCUT2D eigenvalue weighted by Crippen LogP contribution is -2.33. The van der Waals surface area contributed by atoms with E-state index in [1.165, 1.54) is 0 Å². The molecule has 2 aromatic rings. The van der Waals surface area contributed by atoms with E-state index >= 15 is 0 Å². The molecule has 0 unspecified atom stereocenters. The zero-order valence-electron chi connectivity index (χ0n) is 14.5. The Kier molecular flexibility index (Phi) is 8.05. The van der Waals surface area contributed by atoms with Crippen LogP contribution in [0.25, 0.3) is 12.2 Å². The third kappa shape index (κ3) is 7.01. The summed E-state index contributed by atoms with van der Waals surface area (Å²) in [5.74, 6) is 1.62. The predicted molar refractivity (Wildman–Crippen MR) is 105 cm³/mol. The van der Waals surface area contributed by atoms with Crippen molar-refractivity contribution in [3.63, 3.8) is 0 Å². The van der Waals surface area contributed by atoms with Crippen molar-refractivity contribution in [3.05, 3.63) is 59.9 Å². The first-order valence-corrected chi connectivity index (χ1v) is 9.03. The van der Waals surface area contributed by atoms with Crippen LogP contribution in [0.15, 0.2) is 48.8 Å². The molecule has 1 amide bonds. The molecule has 0 aliphatic rings. The largest absolute Gasteiger partial charge is 0.497 e. The molecular formula is C20H25N2O2S+. The fraction of sp³-hybridized carbons (Fsp3) is 0.300. The molecule has 0 spiro atoms. The minimum absolute atomic E-state index is 0.0914. The predicted octanol–water partition coefficient (Wildman–Crippen LogP) is 2.98. The van der Waals surface area contributed by atoms with Gasteiger partial charge in [0, 0.05) is 37.3 Å². The van der Waals surface area contributed by atoms with E-state index in [9.17, 15) is 4.79 Å². The van der Waals surface area contributed by atoms with Crippen molar-refractivity contribution in [2.45, 2.75) is 19.4 Å². The van der Waals surface area contributed by atoms with Gasteiger partial charge in [-0.15, -0.1) is 0 Å². The van der Waals surface area contributed by atoms with Gasteiger partial charge in [-0.3, -0.25) is 4.79 Å². The van der Waals surface area contributed by atoms with Crippen LogP contribution in [0, 0.1) is 0 Å². The average Bonchev–Trinajstić information content (AvgIpc) is 2.66. The molecule has 0 bridgehead atoms. The number of amides is 1. The maximum Gasteiger partial charge on any atom is 0.220 e. The van der Waals surface area contributed by atoms with Crippen molar-refractivity contribution in [1.82, 2.24) is 5.32 Å². The van der Waals surface area contributed by atoms with Gasteiger partial charge >= 0.3 is 0 Å². The Morgan fingerprint density at radius 2 is 1.76 bits per heavy atom. The first kappa shape index (κ1) is 19.1. The van der Waals surface area contributed by atoms with E-state index in [0.717, 1.165) is 29.8 Å². The van der Waals surface area contributed by atoms with Gasteiger partial charge in [0.05, 0.1) is 7.11 Å². The van der Waals surface area contributed by atoms with Crippen LogP contribution < -0.4 is 14.6 Å². The highest BCUT2D eigenvalue weighted by Gasteiger charge is 2.04. The van der Waals surface area contributed by atoms with Crippen LogP contribution in [0.1, 0.15) is 24.0 Å². The molecule has 0 saturated heterocycles. The number of carbonyl (C=O) groups excluding carboxylic acids is 1. The number of carbonyl (C=O) groups is 1. The second kappa shape index (κ2) is 10.6. The van der Waals surface area contributed by atoms with Crippen molar-refractivity contribution in [1.29, 1.82) is 0 Å². The highest BCUT2D eigenvalue weighted by Crippen LogP contribution is 2.13.